The van der Waals surface area contributed by atoms with Gasteiger partial charge in [0.2, 0.25) is 0 Å². The summed E-state index contributed by atoms with van der Waals surface area (Å²) in [5.74, 6) is -0.833. The molecule has 90 valence electrons. The highest BCUT2D eigenvalue weighted by Crippen LogP contribution is 1.99. The maximum atomic E-state index is 9.00. The zero-order valence-electron chi connectivity index (χ0n) is 9.58. The number of carbonyl (C=O) groups is 1. The van der Waals surface area contributed by atoms with E-state index in [0.717, 1.165) is 6.92 Å². The number of hydrogen-bond acceptors (Lipinski definition) is 1. The lowest BCUT2D eigenvalue weighted by atomic mass is 10.4. The van der Waals surface area contributed by atoms with Gasteiger partial charge in [0.15, 0.2) is 0 Å². The van der Waals surface area contributed by atoms with Gasteiger partial charge in [-0.15, -0.1) is 0 Å². The van der Waals surface area contributed by atoms with Crippen LogP contribution in [0.2, 0.25) is 0 Å². The molecule has 0 unspecified atom stereocenters. The maximum Gasteiger partial charge on any atom is 0.300 e. The molecule has 3 heteroatoms. The molecule has 0 spiro atoms. The van der Waals surface area contributed by atoms with Gasteiger partial charge in [0.05, 0.1) is 0 Å². The lowest BCUT2D eigenvalue weighted by Crippen LogP contribution is -1.78. The third kappa shape index (κ3) is 14.6. The Morgan fingerprint density at radius 3 is 1.29 bits per heavy atom. The van der Waals surface area contributed by atoms with Gasteiger partial charge < -0.3 is 5.11 Å². The van der Waals surface area contributed by atoms with Gasteiger partial charge in [0.25, 0.3) is 5.97 Å². The molecule has 2 nitrogen and oxygen atoms in total. The fourth-order valence-corrected chi connectivity index (χ4v) is 1.21. The molecule has 0 radical (unpaired) electrons. The largest absolute Gasteiger partial charge is 0.481 e. The summed E-state index contributed by atoms with van der Waals surface area (Å²) < 4.78 is 1.29. The van der Waals surface area contributed by atoms with Gasteiger partial charge in [-0.2, -0.15) is 0 Å². The van der Waals surface area contributed by atoms with Crippen LogP contribution < -0.4 is 0 Å². The predicted octanol–water partition coefficient (Wildman–Crippen LogP) is 4.07. The molecule has 0 heterocycles. The number of benzene rings is 2. The first kappa shape index (κ1) is 15.6. The van der Waals surface area contributed by atoms with Crippen molar-refractivity contribution in [1.82, 2.24) is 0 Å². The summed E-state index contributed by atoms with van der Waals surface area (Å²) in [7, 11) is 0. The molecular weight excluding hydrogens is 327 g/mol. The van der Waals surface area contributed by atoms with Gasteiger partial charge in [-0.1, -0.05) is 54.6 Å². The van der Waals surface area contributed by atoms with Crippen LogP contribution in [0.3, 0.4) is 0 Å². The van der Waals surface area contributed by atoms with E-state index in [-0.39, 0.29) is 0 Å². The van der Waals surface area contributed by atoms with Crippen molar-refractivity contribution >= 4 is 28.6 Å². The quantitative estimate of drug-likeness (QED) is 0.733. The summed E-state index contributed by atoms with van der Waals surface area (Å²) >= 11 is 2.28. The van der Waals surface area contributed by atoms with Crippen LogP contribution in [0, 0.1) is 3.57 Å². The molecule has 0 aliphatic rings. The van der Waals surface area contributed by atoms with Crippen molar-refractivity contribution in [2.45, 2.75) is 6.92 Å². The lowest BCUT2D eigenvalue weighted by molar-refractivity contribution is -0.134. The summed E-state index contributed by atoms with van der Waals surface area (Å²) in [6, 6.07) is 22.2. The summed E-state index contributed by atoms with van der Waals surface area (Å²) in [5, 5.41) is 7.42. The normalized spacial score (nSPS) is 7.88. The van der Waals surface area contributed by atoms with Crippen molar-refractivity contribution in [2.24, 2.45) is 0 Å². The van der Waals surface area contributed by atoms with Gasteiger partial charge in [-0.3, -0.25) is 4.79 Å². The summed E-state index contributed by atoms with van der Waals surface area (Å²) in [4.78, 5) is 9.00. The zero-order valence-corrected chi connectivity index (χ0v) is 11.7. The molecule has 2 aromatic rings. The van der Waals surface area contributed by atoms with Gasteiger partial charge in [-0.05, 0) is 34.7 Å². The van der Waals surface area contributed by atoms with Crippen LogP contribution in [0.15, 0.2) is 66.7 Å². The van der Waals surface area contributed by atoms with Crippen molar-refractivity contribution in [2.75, 3.05) is 0 Å². The van der Waals surface area contributed by atoms with E-state index in [1.165, 1.54) is 3.57 Å². The minimum Gasteiger partial charge on any atom is -0.481 e. The van der Waals surface area contributed by atoms with Gasteiger partial charge in [0.1, 0.15) is 0 Å². The highest BCUT2D eigenvalue weighted by Gasteiger charge is 1.74. The monoisotopic (exact) mass is 342 g/mol. The zero-order chi connectivity index (χ0) is 12.9. The Hall–Kier alpha value is -1.36. The average molecular weight is 342 g/mol. The molecule has 17 heavy (non-hydrogen) atoms. The van der Waals surface area contributed by atoms with E-state index in [4.69, 9.17) is 9.90 Å². The third-order valence-electron chi connectivity index (χ3n) is 1.40. The fraction of sp³-hybridized carbons (Fsp3) is 0.0714. The van der Waals surface area contributed by atoms with E-state index in [0.29, 0.717) is 0 Å². The number of hydrogen-bond donors (Lipinski definition) is 1. The number of halogens is 1. The van der Waals surface area contributed by atoms with Crippen LogP contribution in [0.4, 0.5) is 0 Å². The Labute approximate surface area is 115 Å². The molecule has 0 atom stereocenters. The Bertz CT molecular complexity index is 357. The van der Waals surface area contributed by atoms with Crippen LogP contribution in [-0.4, -0.2) is 11.1 Å². The van der Waals surface area contributed by atoms with Crippen molar-refractivity contribution < 1.29 is 9.90 Å². The third-order valence-corrected chi connectivity index (χ3v) is 2.12. The molecule has 0 saturated carbocycles. The number of carboxylic acids is 1. The first-order valence-corrected chi connectivity index (χ1v) is 6.11. The van der Waals surface area contributed by atoms with Crippen LogP contribution in [0.1, 0.15) is 6.92 Å². The van der Waals surface area contributed by atoms with Gasteiger partial charge >= 0.3 is 0 Å². The Kier molecular flexibility index (Phi) is 10.2. The second-order valence-electron chi connectivity index (χ2n) is 2.97. The molecule has 0 saturated heterocycles. The average Bonchev–Trinajstić information content (AvgIpc) is 2.32. The smallest absolute Gasteiger partial charge is 0.300 e. The minimum atomic E-state index is -0.833. The van der Waals surface area contributed by atoms with Crippen molar-refractivity contribution in [3.63, 3.8) is 0 Å². The molecule has 0 aromatic heterocycles. The number of rotatable bonds is 0. The number of aliphatic carboxylic acids is 1. The molecule has 0 aliphatic heterocycles. The lowest BCUT2D eigenvalue weighted by Gasteiger charge is -1.80. The topological polar surface area (TPSA) is 37.3 Å². The SMILES string of the molecule is CC(=O)O.Ic1ccccc1.c1ccccc1. The fourth-order valence-electron chi connectivity index (χ4n) is 0.800. The van der Waals surface area contributed by atoms with E-state index in [1.54, 1.807) is 0 Å². The molecule has 1 N–H and O–H groups in total. The Morgan fingerprint density at radius 2 is 1.12 bits per heavy atom. The second kappa shape index (κ2) is 11.1. The van der Waals surface area contributed by atoms with Crippen molar-refractivity contribution in [1.29, 1.82) is 0 Å². The molecule has 0 aliphatic carbocycles. The molecule has 2 rings (SSSR count). The Balaban J connectivity index is 0.000000236. The summed E-state index contributed by atoms with van der Waals surface area (Å²) in [6.45, 7) is 1.08. The first-order valence-electron chi connectivity index (χ1n) is 5.03. The number of carboxylic acid groups (broad SMARTS) is 1. The second-order valence-corrected chi connectivity index (χ2v) is 4.21. The highest BCUT2D eigenvalue weighted by molar-refractivity contribution is 14.1. The van der Waals surface area contributed by atoms with Crippen molar-refractivity contribution in [3.05, 3.63) is 70.3 Å². The van der Waals surface area contributed by atoms with Gasteiger partial charge in [0, 0.05) is 10.5 Å². The standard InChI is InChI=1S/C6H5I.C6H6.C2H4O2/c7-6-4-2-1-3-5-6;1-2-4-6-5-3-1;1-2(3)4/h1-5H;1-6H;1H3,(H,3,4). The highest BCUT2D eigenvalue weighted by atomic mass is 127. The Morgan fingerprint density at radius 1 is 0.882 bits per heavy atom. The predicted molar refractivity (Wildman–Crippen MR) is 78.9 cm³/mol. The van der Waals surface area contributed by atoms with Gasteiger partial charge in [-0.25, -0.2) is 0 Å². The molecule has 0 bridgehead atoms. The van der Waals surface area contributed by atoms with E-state index in [9.17, 15) is 0 Å². The molecule has 2 aromatic carbocycles. The van der Waals surface area contributed by atoms with E-state index < -0.39 is 5.97 Å². The van der Waals surface area contributed by atoms with Crippen LogP contribution in [0.25, 0.3) is 0 Å². The van der Waals surface area contributed by atoms with Crippen molar-refractivity contribution in [3.8, 4) is 0 Å². The van der Waals surface area contributed by atoms with Crippen LogP contribution in [-0.2, 0) is 4.79 Å². The maximum absolute atomic E-state index is 9.00. The van der Waals surface area contributed by atoms with Crippen LogP contribution in [0.5, 0.6) is 0 Å². The molecular formula is C14H15IO2. The minimum absolute atomic E-state index is 0.833. The van der Waals surface area contributed by atoms with E-state index in [2.05, 4.69) is 34.7 Å². The molecule has 0 amide bonds. The summed E-state index contributed by atoms with van der Waals surface area (Å²) in [6.07, 6.45) is 0. The first-order chi connectivity index (χ1) is 8.13. The van der Waals surface area contributed by atoms with E-state index in [1.807, 2.05) is 54.6 Å². The summed E-state index contributed by atoms with van der Waals surface area (Å²) in [5.41, 5.74) is 0. The van der Waals surface area contributed by atoms with E-state index >= 15 is 0 Å². The van der Waals surface area contributed by atoms with Crippen LogP contribution >= 0.6 is 22.6 Å². The molecule has 0 fully saturated rings.